The lowest BCUT2D eigenvalue weighted by atomic mass is 10.1. The van der Waals surface area contributed by atoms with E-state index in [0.717, 1.165) is 23.2 Å². The number of benzene rings is 1. The van der Waals surface area contributed by atoms with Crippen LogP contribution in [-0.4, -0.2) is 43.0 Å². The average Bonchev–Trinajstić information content (AvgIpc) is 3.03. The Labute approximate surface area is 164 Å². The zero-order valence-electron chi connectivity index (χ0n) is 16.7. The lowest BCUT2D eigenvalue weighted by Crippen LogP contribution is -2.44. The Morgan fingerprint density at radius 3 is 2.68 bits per heavy atom. The van der Waals surface area contributed by atoms with Crippen LogP contribution in [0, 0.1) is 19.8 Å². The van der Waals surface area contributed by atoms with Gasteiger partial charge in [0.25, 0.3) is 5.91 Å². The Balaban J connectivity index is 1.87. The summed E-state index contributed by atoms with van der Waals surface area (Å²) in [6.07, 6.45) is 0.756. The van der Waals surface area contributed by atoms with E-state index >= 15 is 0 Å². The second kappa shape index (κ2) is 9.34. The highest BCUT2D eigenvalue weighted by atomic mass is 16.5. The number of carbonyl (C=O) groups is 4. The molecular formula is C20H27N3O5. The summed E-state index contributed by atoms with van der Waals surface area (Å²) in [5.74, 6) is -2.15. The molecule has 1 saturated heterocycles. The number of aryl methyl sites for hydroxylation is 1. The summed E-state index contributed by atoms with van der Waals surface area (Å²) < 4.78 is 5.00. The Hall–Kier alpha value is -2.90. The van der Waals surface area contributed by atoms with Gasteiger partial charge in [-0.2, -0.15) is 0 Å². The van der Waals surface area contributed by atoms with Crippen molar-refractivity contribution in [1.82, 2.24) is 10.6 Å². The molecule has 8 heteroatoms. The normalized spacial score (nSPS) is 17.2. The van der Waals surface area contributed by atoms with E-state index in [4.69, 9.17) is 4.74 Å². The maximum absolute atomic E-state index is 12.4. The van der Waals surface area contributed by atoms with Crippen molar-refractivity contribution >= 4 is 29.5 Å². The first-order valence-corrected chi connectivity index (χ1v) is 9.36. The number of esters is 1. The van der Waals surface area contributed by atoms with Crippen LogP contribution in [0.25, 0.3) is 0 Å². The Bertz CT molecular complexity index is 777. The van der Waals surface area contributed by atoms with Gasteiger partial charge in [0.1, 0.15) is 0 Å². The number of imide groups is 1. The van der Waals surface area contributed by atoms with Gasteiger partial charge in [0.05, 0.1) is 5.92 Å². The first-order valence-electron chi connectivity index (χ1n) is 9.36. The van der Waals surface area contributed by atoms with E-state index in [1.807, 2.05) is 45.9 Å². The molecule has 2 N–H and O–H groups in total. The van der Waals surface area contributed by atoms with Crippen LogP contribution in [0.1, 0.15) is 37.8 Å². The molecule has 0 spiro atoms. The fourth-order valence-corrected chi connectivity index (χ4v) is 2.91. The molecule has 4 amide bonds. The number of anilines is 1. The van der Waals surface area contributed by atoms with Crippen molar-refractivity contribution in [2.24, 2.45) is 5.92 Å². The van der Waals surface area contributed by atoms with E-state index in [0.29, 0.717) is 0 Å². The zero-order valence-corrected chi connectivity index (χ0v) is 16.7. The molecule has 0 radical (unpaired) electrons. The highest BCUT2D eigenvalue weighted by molar-refractivity contribution is 6.00. The van der Waals surface area contributed by atoms with E-state index in [1.165, 1.54) is 0 Å². The summed E-state index contributed by atoms with van der Waals surface area (Å²) in [5.41, 5.74) is 2.82. The smallest absolute Gasteiger partial charge is 0.321 e. The molecule has 1 aromatic carbocycles. The number of hydrogen-bond donors (Lipinski definition) is 2. The van der Waals surface area contributed by atoms with Gasteiger partial charge in [-0.3, -0.25) is 19.7 Å². The molecular weight excluding hydrogens is 362 g/mol. The zero-order chi connectivity index (χ0) is 20.8. The summed E-state index contributed by atoms with van der Waals surface area (Å²) >= 11 is 0. The summed E-state index contributed by atoms with van der Waals surface area (Å²) in [4.78, 5) is 49.5. The van der Waals surface area contributed by atoms with Crippen molar-refractivity contribution in [1.29, 1.82) is 0 Å². The second-order valence-electron chi connectivity index (χ2n) is 7.06. The number of ether oxygens (including phenoxy) is 1. The van der Waals surface area contributed by atoms with Crippen LogP contribution in [0.15, 0.2) is 18.2 Å². The van der Waals surface area contributed by atoms with Crippen LogP contribution in [0.2, 0.25) is 0 Å². The van der Waals surface area contributed by atoms with E-state index in [2.05, 4.69) is 10.6 Å². The predicted octanol–water partition coefficient (Wildman–Crippen LogP) is 1.82. The third-order valence-corrected chi connectivity index (χ3v) is 4.91. The molecule has 0 bridgehead atoms. The van der Waals surface area contributed by atoms with Gasteiger partial charge in [-0.1, -0.05) is 19.1 Å². The number of amides is 4. The standard InChI is InChI=1S/C20H27N3O5/c1-5-13(3)21-20(27)22-17(24)11-28-19(26)15-9-18(25)23(10-15)16-8-6-7-12(2)14(16)4/h6-8,13,15H,5,9-11H2,1-4H3,(H2,21,22,24,27)/t13-,15+/m1/s1. The number of nitrogens with zero attached hydrogens (tertiary/aromatic N) is 1. The van der Waals surface area contributed by atoms with E-state index in [1.54, 1.807) is 4.90 Å². The Morgan fingerprint density at radius 2 is 2.00 bits per heavy atom. The summed E-state index contributed by atoms with van der Waals surface area (Å²) in [5, 5.41) is 4.68. The van der Waals surface area contributed by atoms with Crippen molar-refractivity contribution in [3.05, 3.63) is 29.3 Å². The molecule has 0 unspecified atom stereocenters. The minimum Gasteiger partial charge on any atom is -0.455 e. The van der Waals surface area contributed by atoms with Crippen LogP contribution in [0.3, 0.4) is 0 Å². The molecule has 152 valence electrons. The topological polar surface area (TPSA) is 105 Å². The highest BCUT2D eigenvalue weighted by Crippen LogP contribution is 2.29. The number of rotatable bonds is 6. The van der Waals surface area contributed by atoms with Crippen LogP contribution in [0.4, 0.5) is 10.5 Å². The fraction of sp³-hybridized carbons (Fsp3) is 0.500. The van der Waals surface area contributed by atoms with E-state index in [-0.39, 0.29) is 24.9 Å². The van der Waals surface area contributed by atoms with E-state index < -0.39 is 30.4 Å². The summed E-state index contributed by atoms with van der Waals surface area (Å²) in [6, 6.07) is 4.97. The SMILES string of the molecule is CC[C@@H](C)NC(=O)NC(=O)COC(=O)[C@H]1CC(=O)N(c2cccc(C)c2C)C1. The molecule has 0 saturated carbocycles. The van der Waals surface area contributed by atoms with Crippen LogP contribution >= 0.6 is 0 Å². The molecule has 2 rings (SSSR count). The fourth-order valence-electron chi connectivity index (χ4n) is 2.91. The van der Waals surface area contributed by atoms with Crippen molar-refractivity contribution in [2.75, 3.05) is 18.1 Å². The third kappa shape index (κ3) is 5.31. The van der Waals surface area contributed by atoms with Crippen molar-refractivity contribution in [2.45, 2.75) is 46.6 Å². The predicted molar refractivity (Wildman–Crippen MR) is 104 cm³/mol. The third-order valence-electron chi connectivity index (χ3n) is 4.91. The molecule has 1 aliphatic heterocycles. The lowest BCUT2D eigenvalue weighted by molar-refractivity contribution is -0.152. The van der Waals surface area contributed by atoms with Gasteiger partial charge in [0.15, 0.2) is 6.61 Å². The molecule has 28 heavy (non-hydrogen) atoms. The van der Waals surface area contributed by atoms with Gasteiger partial charge in [0, 0.05) is 24.7 Å². The monoisotopic (exact) mass is 389 g/mol. The molecule has 2 atom stereocenters. The van der Waals surface area contributed by atoms with Crippen molar-refractivity contribution in [3.8, 4) is 0 Å². The first-order chi connectivity index (χ1) is 13.2. The molecule has 1 fully saturated rings. The molecule has 1 aliphatic rings. The molecule has 1 aromatic rings. The van der Waals surface area contributed by atoms with Crippen molar-refractivity contribution in [3.63, 3.8) is 0 Å². The largest absolute Gasteiger partial charge is 0.455 e. The number of hydrogen-bond acceptors (Lipinski definition) is 5. The Morgan fingerprint density at radius 1 is 1.29 bits per heavy atom. The van der Waals surface area contributed by atoms with Crippen LogP contribution in [-0.2, 0) is 19.1 Å². The highest BCUT2D eigenvalue weighted by Gasteiger charge is 2.37. The number of nitrogens with one attached hydrogen (secondary N) is 2. The molecule has 1 heterocycles. The second-order valence-corrected chi connectivity index (χ2v) is 7.06. The maximum atomic E-state index is 12.4. The van der Waals surface area contributed by atoms with Gasteiger partial charge in [-0.15, -0.1) is 0 Å². The van der Waals surface area contributed by atoms with Gasteiger partial charge in [-0.05, 0) is 44.4 Å². The molecule has 0 aromatic heterocycles. The van der Waals surface area contributed by atoms with Gasteiger partial charge in [0.2, 0.25) is 5.91 Å². The van der Waals surface area contributed by atoms with Crippen LogP contribution in [0.5, 0.6) is 0 Å². The van der Waals surface area contributed by atoms with E-state index in [9.17, 15) is 19.2 Å². The van der Waals surface area contributed by atoms with Gasteiger partial charge < -0.3 is 15.0 Å². The van der Waals surface area contributed by atoms with Crippen LogP contribution < -0.4 is 15.5 Å². The average molecular weight is 389 g/mol. The molecule has 0 aliphatic carbocycles. The molecule has 8 nitrogen and oxygen atoms in total. The summed E-state index contributed by atoms with van der Waals surface area (Å²) in [7, 11) is 0. The minimum atomic E-state index is -0.718. The summed E-state index contributed by atoms with van der Waals surface area (Å²) in [6.45, 7) is 7.24. The van der Waals surface area contributed by atoms with Gasteiger partial charge in [-0.25, -0.2) is 4.79 Å². The minimum absolute atomic E-state index is 0.0301. The van der Waals surface area contributed by atoms with Crippen molar-refractivity contribution < 1.29 is 23.9 Å². The van der Waals surface area contributed by atoms with Gasteiger partial charge >= 0.3 is 12.0 Å². The maximum Gasteiger partial charge on any atom is 0.321 e. The number of carbonyl (C=O) groups excluding carboxylic acids is 4. The quantitative estimate of drug-likeness (QED) is 0.722. The first kappa shape index (κ1) is 21.4. The Kier molecular flexibility index (Phi) is 7.14. The lowest BCUT2D eigenvalue weighted by Gasteiger charge is -2.20. The number of urea groups is 1.